The van der Waals surface area contributed by atoms with Crippen molar-refractivity contribution in [2.24, 2.45) is 0 Å². The molecule has 0 spiro atoms. The van der Waals surface area contributed by atoms with E-state index in [1.54, 1.807) is 0 Å². The molecule has 1 nitrogen and oxygen atoms in total. The maximum Gasteiger partial charge on any atom is 0.0408 e. The zero-order valence-corrected chi connectivity index (χ0v) is 12.1. The van der Waals surface area contributed by atoms with E-state index >= 15 is 0 Å². The van der Waals surface area contributed by atoms with Crippen molar-refractivity contribution in [2.75, 3.05) is 6.26 Å². The van der Waals surface area contributed by atoms with Crippen LogP contribution in [0.25, 0.3) is 0 Å². The molecule has 0 amide bonds. The minimum absolute atomic E-state index is 0.681. The monoisotopic (exact) mass is 269 g/mol. The average Bonchev–Trinajstić information content (AvgIpc) is 2.75. The number of aryl methyl sites for hydroxylation is 1. The first kappa shape index (κ1) is 13.3. The number of rotatable bonds is 4. The van der Waals surface area contributed by atoms with Gasteiger partial charge in [-0.15, -0.1) is 0 Å². The van der Waals surface area contributed by atoms with Crippen LogP contribution >= 0.6 is 23.4 Å². The minimum atomic E-state index is 0.681. The first-order chi connectivity index (χ1) is 8.20. The van der Waals surface area contributed by atoms with E-state index in [0.29, 0.717) is 6.04 Å². The summed E-state index contributed by atoms with van der Waals surface area (Å²) in [6.07, 6.45) is 6.26. The molecule has 1 aliphatic carbocycles. The van der Waals surface area contributed by atoms with E-state index in [-0.39, 0.29) is 0 Å². The summed E-state index contributed by atoms with van der Waals surface area (Å²) in [6, 6.07) is 6.83. The molecule has 0 aromatic heterocycles. The molecule has 0 radical (unpaired) electrons. The van der Waals surface area contributed by atoms with Crippen molar-refractivity contribution < 1.29 is 0 Å². The summed E-state index contributed by atoms with van der Waals surface area (Å²) in [7, 11) is 0. The van der Waals surface area contributed by atoms with Crippen LogP contribution in [0.1, 0.15) is 30.4 Å². The second-order valence-corrected chi connectivity index (χ2v) is 6.28. The average molecular weight is 270 g/mol. The van der Waals surface area contributed by atoms with Crippen molar-refractivity contribution in [3.05, 3.63) is 34.3 Å². The van der Waals surface area contributed by atoms with E-state index in [9.17, 15) is 0 Å². The fraction of sp³-hybridized carbons (Fsp3) is 0.571. The van der Waals surface area contributed by atoms with Gasteiger partial charge in [-0.2, -0.15) is 11.8 Å². The lowest BCUT2D eigenvalue weighted by atomic mass is 10.1. The number of benzene rings is 1. The SMILES string of the molecule is CSC1CCCC1NCc1ccc(Cl)cc1C. The Morgan fingerprint density at radius 2 is 2.24 bits per heavy atom. The molecule has 17 heavy (non-hydrogen) atoms. The van der Waals surface area contributed by atoms with Gasteiger partial charge in [0.25, 0.3) is 0 Å². The molecule has 94 valence electrons. The normalized spacial score (nSPS) is 24.2. The number of nitrogens with one attached hydrogen (secondary N) is 1. The van der Waals surface area contributed by atoms with Crippen LogP contribution in [-0.2, 0) is 6.54 Å². The van der Waals surface area contributed by atoms with Gasteiger partial charge in [-0.1, -0.05) is 24.1 Å². The number of hydrogen-bond donors (Lipinski definition) is 1. The van der Waals surface area contributed by atoms with E-state index in [2.05, 4.69) is 24.6 Å². The molecule has 1 aromatic rings. The van der Waals surface area contributed by atoms with Gasteiger partial charge < -0.3 is 5.32 Å². The van der Waals surface area contributed by atoms with Crippen molar-refractivity contribution in [1.29, 1.82) is 0 Å². The summed E-state index contributed by atoms with van der Waals surface area (Å²) in [5.74, 6) is 0. The van der Waals surface area contributed by atoms with Crippen molar-refractivity contribution in [3.63, 3.8) is 0 Å². The molecule has 0 bridgehead atoms. The highest BCUT2D eigenvalue weighted by Crippen LogP contribution is 2.28. The molecular weight excluding hydrogens is 250 g/mol. The Bertz CT molecular complexity index is 380. The summed E-state index contributed by atoms with van der Waals surface area (Å²) >= 11 is 7.96. The predicted octanol–water partition coefficient (Wildman–Crippen LogP) is 4.02. The third kappa shape index (κ3) is 3.40. The second-order valence-electron chi connectivity index (χ2n) is 4.76. The van der Waals surface area contributed by atoms with Gasteiger partial charge in [0, 0.05) is 22.9 Å². The van der Waals surface area contributed by atoms with Crippen molar-refractivity contribution in [3.8, 4) is 0 Å². The lowest BCUT2D eigenvalue weighted by Gasteiger charge is -2.19. The quantitative estimate of drug-likeness (QED) is 0.886. The summed E-state index contributed by atoms with van der Waals surface area (Å²) < 4.78 is 0. The Balaban J connectivity index is 1.93. The van der Waals surface area contributed by atoms with Crippen LogP contribution in [0.2, 0.25) is 5.02 Å². The van der Waals surface area contributed by atoms with E-state index in [1.165, 1.54) is 30.4 Å². The Labute approximate surface area is 113 Å². The fourth-order valence-corrected chi connectivity index (χ4v) is 3.73. The van der Waals surface area contributed by atoms with Gasteiger partial charge in [-0.25, -0.2) is 0 Å². The molecule has 2 atom stereocenters. The van der Waals surface area contributed by atoms with Gasteiger partial charge in [0.05, 0.1) is 0 Å². The highest BCUT2D eigenvalue weighted by atomic mass is 35.5. The second kappa shape index (κ2) is 6.12. The van der Waals surface area contributed by atoms with Gasteiger partial charge in [0.15, 0.2) is 0 Å². The fourth-order valence-electron chi connectivity index (χ4n) is 2.54. The number of hydrogen-bond acceptors (Lipinski definition) is 2. The van der Waals surface area contributed by atoms with Crippen LogP contribution in [0.3, 0.4) is 0 Å². The van der Waals surface area contributed by atoms with Crippen LogP contribution < -0.4 is 5.32 Å². The van der Waals surface area contributed by atoms with Gasteiger partial charge >= 0.3 is 0 Å². The molecule has 2 rings (SSSR count). The van der Waals surface area contributed by atoms with E-state index in [4.69, 9.17) is 11.6 Å². The van der Waals surface area contributed by atoms with Gasteiger partial charge in [0.2, 0.25) is 0 Å². The third-order valence-corrected chi connectivity index (χ3v) is 5.02. The smallest absolute Gasteiger partial charge is 0.0408 e. The summed E-state index contributed by atoms with van der Waals surface area (Å²) in [5.41, 5.74) is 2.64. The Morgan fingerprint density at radius 1 is 1.41 bits per heavy atom. The maximum atomic E-state index is 5.97. The highest BCUT2D eigenvalue weighted by molar-refractivity contribution is 7.99. The molecule has 0 saturated heterocycles. The first-order valence-electron chi connectivity index (χ1n) is 6.22. The Hall–Kier alpha value is -0.180. The van der Waals surface area contributed by atoms with E-state index in [1.807, 2.05) is 23.9 Å². The van der Waals surface area contributed by atoms with E-state index in [0.717, 1.165) is 16.8 Å². The van der Waals surface area contributed by atoms with Crippen LogP contribution in [0.4, 0.5) is 0 Å². The number of halogens is 1. The maximum absolute atomic E-state index is 5.97. The molecule has 1 N–H and O–H groups in total. The first-order valence-corrected chi connectivity index (χ1v) is 7.88. The zero-order valence-electron chi connectivity index (χ0n) is 10.5. The van der Waals surface area contributed by atoms with Crippen molar-refractivity contribution >= 4 is 23.4 Å². The summed E-state index contributed by atoms with van der Waals surface area (Å²) in [4.78, 5) is 0. The van der Waals surface area contributed by atoms with Crippen molar-refractivity contribution in [2.45, 2.75) is 44.0 Å². The summed E-state index contributed by atoms with van der Waals surface area (Å²) in [5, 5.41) is 5.32. The molecule has 0 heterocycles. The lowest BCUT2D eigenvalue weighted by Crippen LogP contribution is -2.33. The van der Waals surface area contributed by atoms with Crippen molar-refractivity contribution in [1.82, 2.24) is 5.32 Å². The molecule has 1 saturated carbocycles. The van der Waals surface area contributed by atoms with Gasteiger partial charge in [0.1, 0.15) is 0 Å². The molecule has 3 heteroatoms. The van der Waals surface area contributed by atoms with Gasteiger partial charge in [-0.05, 0) is 49.3 Å². The Morgan fingerprint density at radius 3 is 2.94 bits per heavy atom. The molecule has 0 aliphatic heterocycles. The molecule has 1 fully saturated rings. The predicted molar refractivity (Wildman–Crippen MR) is 78.0 cm³/mol. The highest BCUT2D eigenvalue weighted by Gasteiger charge is 2.25. The summed E-state index contributed by atoms with van der Waals surface area (Å²) in [6.45, 7) is 3.09. The zero-order chi connectivity index (χ0) is 12.3. The van der Waals surface area contributed by atoms with Crippen LogP contribution in [0.5, 0.6) is 0 Å². The Kier molecular flexibility index (Phi) is 4.78. The van der Waals surface area contributed by atoms with Crippen LogP contribution in [-0.4, -0.2) is 17.5 Å². The van der Waals surface area contributed by atoms with E-state index < -0.39 is 0 Å². The lowest BCUT2D eigenvalue weighted by molar-refractivity contribution is 0.531. The number of thioether (sulfide) groups is 1. The topological polar surface area (TPSA) is 12.0 Å². The third-order valence-electron chi connectivity index (χ3n) is 3.61. The molecular formula is C14H20ClNS. The van der Waals surface area contributed by atoms with Crippen LogP contribution in [0.15, 0.2) is 18.2 Å². The molecule has 2 unspecified atom stereocenters. The standard InChI is InChI=1S/C14H20ClNS/c1-10-8-12(15)7-6-11(10)9-16-13-4-3-5-14(13)17-2/h6-8,13-14,16H,3-5,9H2,1-2H3. The molecule has 1 aliphatic rings. The minimum Gasteiger partial charge on any atom is -0.309 e. The largest absolute Gasteiger partial charge is 0.309 e. The van der Waals surface area contributed by atoms with Crippen LogP contribution in [0, 0.1) is 6.92 Å². The molecule has 1 aromatic carbocycles. The van der Waals surface area contributed by atoms with Gasteiger partial charge in [-0.3, -0.25) is 0 Å².